The number of rotatable bonds is 6. The van der Waals surface area contributed by atoms with Gasteiger partial charge in [0.15, 0.2) is 5.82 Å². The van der Waals surface area contributed by atoms with Crippen molar-refractivity contribution in [1.29, 1.82) is 0 Å². The molecule has 5 nitrogen and oxygen atoms in total. The Kier molecular flexibility index (Phi) is 5.08. The molecule has 0 saturated carbocycles. The Morgan fingerprint density at radius 3 is 2.54 bits per heavy atom. The van der Waals surface area contributed by atoms with Crippen LogP contribution in [0.5, 0.6) is 0 Å². The molecule has 28 heavy (non-hydrogen) atoms. The van der Waals surface area contributed by atoms with Gasteiger partial charge in [-0.15, -0.1) is 0 Å². The molecule has 0 spiro atoms. The minimum atomic E-state index is 0.850. The van der Waals surface area contributed by atoms with Gasteiger partial charge in [0.05, 0.1) is 12.0 Å². The first-order chi connectivity index (χ1) is 13.6. The van der Waals surface area contributed by atoms with Crippen molar-refractivity contribution in [3.8, 4) is 28.5 Å². The number of aryl methyl sites for hydroxylation is 1. The van der Waals surface area contributed by atoms with Crippen LogP contribution in [0.1, 0.15) is 5.56 Å². The average molecular weight is 371 g/mol. The molecule has 0 bridgehead atoms. The highest BCUT2D eigenvalue weighted by molar-refractivity contribution is 5.76. The van der Waals surface area contributed by atoms with Crippen LogP contribution in [0, 0.1) is 6.92 Å². The second-order valence-corrected chi connectivity index (χ2v) is 7.26. The number of likely N-dealkylation sites (N-methyl/N-ethyl adjacent to an activating group) is 1. The maximum absolute atomic E-state index is 4.76. The molecule has 4 aromatic rings. The van der Waals surface area contributed by atoms with Crippen molar-refractivity contribution in [2.45, 2.75) is 13.5 Å². The Balaban J connectivity index is 1.87. The minimum Gasteiger partial charge on any atom is -0.326 e. The summed E-state index contributed by atoms with van der Waals surface area (Å²) in [6.45, 7) is 3.89. The second kappa shape index (κ2) is 7.82. The fourth-order valence-electron chi connectivity index (χ4n) is 3.37. The van der Waals surface area contributed by atoms with E-state index in [0.717, 1.165) is 41.6 Å². The van der Waals surface area contributed by atoms with Gasteiger partial charge in [-0.25, -0.2) is 9.97 Å². The van der Waals surface area contributed by atoms with Crippen LogP contribution in [0.3, 0.4) is 0 Å². The molecule has 4 rings (SSSR count). The van der Waals surface area contributed by atoms with Gasteiger partial charge in [-0.05, 0) is 38.7 Å². The maximum atomic E-state index is 4.76. The third kappa shape index (κ3) is 3.62. The molecule has 0 unspecified atom stereocenters. The Morgan fingerprint density at radius 1 is 0.964 bits per heavy atom. The summed E-state index contributed by atoms with van der Waals surface area (Å²) in [7, 11) is 4.17. The molecule has 2 heterocycles. The third-order valence-electron chi connectivity index (χ3n) is 4.81. The number of aromatic nitrogens is 4. The molecule has 0 N–H and O–H groups in total. The zero-order valence-electron chi connectivity index (χ0n) is 16.6. The molecule has 0 aliphatic carbocycles. The highest BCUT2D eigenvalue weighted by atomic mass is 15.2. The first-order valence-electron chi connectivity index (χ1n) is 9.49. The van der Waals surface area contributed by atoms with Crippen molar-refractivity contribution >= 4 is 0 Å². The lowest BCUT2D eigenvalue weighted by molar-refractivity contribution is 0.384. The van der Waals surface area contributed by atoms with E-state index in [0.29, 0.717) is 0 Å². The first-order valence-corrected chi connectivity index (χ1v) is 9.49. The maximum Gasteiger partial charge on any atom is 0.163 e. The van der Waals surface area contributed by atoms with Crippen molar-refractivity contribution in [1.82, 2.24) is 24.0 Å². The van der Waals surface area contributed by atoms with E-state index in [9.17, 15) is 0 Å². The fraction of sp³-hybridized carbons (Fsp3) is 0.217. The normalized spacial score (nSPS) is 11.3. The Bertz CT molecular complexity index is 1060. The molecular formula is C23H25N5. The van der Waals surface area contributed by atoms with Gasteiger partial charge in [0.25, 0.3) is 0 Å². The van der Waals surface area contributed by atoms with Gasteiger partial charge >= 0.3 is 0 Å². The van der Waals surface area contributed by atoms with Crippen LogP contribution < -0.4 is 0 Å². The number of imidazole rings is 2. The van der Waals surface area contributed by atoms with Gasteiger partial charge in [0.1, 0.15) is 5.69 Å². The summed E-state index contributed by atoms with van der Waals surface area (Å²) in [5.74, 6) is 0.903. The largest absolute Gasteiger partial charge is 0.326 e. The molecule has 2 aromatic carbocycles. The second-order valence-electron chi connectivity index (χ2n) is 7.26. The van der Waals surface area contributed by atoms with Gasteiger partial charge in [0, 0.05) is 36.7 Å². The standard InChI is InChI=1S/C23H25N5/c1-18-8-7-11-20(16-18)28-13-12-24-23(28)22-21(19-9-5-4-6-10-19)25-17-27(22)15-14-26(2)3/h4-13,16-17H,14-15H2,1-3H3. The molecule has 0 aliphatic rings. The zero-order valence-corrected chi connectivity index (χ0v) is 16.6. The molecule has 0 saturated heterocycles. The van der Waals surface area contributed by atoms with E-state index in [2.05, 4.69) is 71.5 Å². The summed E-state index contributed by atoms with van der Waals surface area (Å²) in [6.07, 6.45) is 5.80. The Labute approximate surface area is 165 Å². The summed E-state index contributed by atoms with van der Waals surface area (Å²) in [5.41, 5.74) is 5.42. The molecule has 142 valence electrons. The summed E-state index contributed by atoms with van der Waals surface area (Å²) >= 11 is 0. The van der Waals surface area contributed by atoms with E-state index < -0.39 is 0 Å². The molecule has 0 amide bonds. The lowest BCUT2D eigenvalue weighted by Gasteiger charge is -2.15. The number of benzene rings is 2. The van der Waals surface area contributed by atoms with Gasteiger partial charge in [-0.3, -0.25) is 4.57 Å². The van der Waals surface area contributed by atoms with Crippen LogP contribution in [-0.2, 0) is 6.54 Å². The van der Waals surface area contributed by atoms with Crippen molar-refractivity contribution < 1.29 is 0 Å². The van der Waals surface area contributed by atoms with Crippen LogP contribution in [0.4, 0.5) is 0 Å². The quantitative estimate of drug-likeness (QED) is 0.508. The lowest BCUT2D eigenvalue weighted by Crippen LogP contribution is -2.18. The molecule has 0 fully saturated rings. The molecular weight excluding hydrogens is 346 g/mol. The number of hydrogen-bond acceptors (Lipinski definition) is 3. The zero-order chi connectivity index (χ0) is 19.5. The number of nitrogens with zero attached hydrogens (tertiary/aromatic N) is 5. The van der Waals surface area contributed by atoms with Gasteiger partial charge in [-0.2, -0.15) is 0 Å². The van der Waals surface area contributed by atoms with Gasteiger partial charge in [0.2, 0.25) is 0 Å². The first kappa shape index (κ1) is 18.2. The van der Waals surface area contributed by atoms with Crippen LogP contribution in [0.15, 0.2) is 73.3 Å². The lowest BCUT2D eigenvalue weighted by atomic mass is 10.1. The minimum absolute atomic E-state index is 0.850. The number of hydrogen-bond donors (Lipinski definition) is 0. The van der Waals surface area contributed by atoms with E-state index in [1.807, 2.05) is 36.9 Å². The smallest absolute Gasteiger partial charge is 0.163 e. The topological polar surface area (TPSA) is 38.9 Å². The summed E-state index contributed by atoms with van der Waals surface area (Å²) in [6, 6.07) is 18.8. The predicted octanol–water partition coefficient (Wildman–Crippen LogP) is 4.27. The predicted molar refractivity (Wildman–Crippen MR) is 114 cm³/mol. The summed E-state index contributed by atoms with van der Waals surface area (Å²) < 4.78 is 4.35. The van der Waals surface area contributed by atoms with E-state index >= 15 is 0 Å². The van der Waals surface area contributed by atoms with E-state index in [1.165, 1.54) is 5.56 Å². The van der Waals surface area contributed by atoms with Crippen LogP contribution in [0.25, 0.3) is 28.5 Å². The van der Waals surface area contributed by atoms with Crippen LogP contribution in [-0.4, -0.2) is 44.6 Å². The van der Waals surface area contributed by atoms with Crippen LogP contribution in [0.2, 0.25) is 0 Å². The Hall–Kier alpha value is -3.18. The van der Waals surface area contributed by atoms with E-state index in [4.69, 9.17) is 9.97 Å². The van der Waals surface area contributed by atoms with Crippen molar-refractivity contribution in [3.05, 3.63) is 78.9 Å². The van der Waals surface area contributed by atoms with Crippen molar-refractivity contribution in [2.75, 3.05) is 20.6 Å². The van der Waals surface area contributed by atoms with Crippen molar-refractivity contribution in [3.63, 3.8) is 0 Å². The summed E-state index contributed by atoms with van der Waals surface area (Å²) in [4.78, 5) is 11.7. The molecule has 2 aromatic heterocycles. The van der Waals surface area contributed by atoms with E-state index in [-0.39, 0.29) is 0 Å². The summed E-state index contributed by atoms with van der Waals surface area (Å²) in [5, 5.41) is 0. The SMILES string of the molecule is Cc1cccc(-n2ccnc2-c2c(-c3ccccc3)ncn2CCN(C)C)c1. The molecule has 5 heteroatoms. The monoisotopic (exact) mass is 371 g/mol. The molecule has 0 atom stereocenters. The third-order valence-corrected chi connectivity index (χ3v) is 4.81. The highest BCUT2D eigenvalue weighted by Crippen LogP contribution is 2.31. The highest BCUT2D eigenvalue weighted by Gasteiger charge is 2.20. The van der Waals surface area contributed by atoms with E-state index in [1.54, 1.807) is 0 Å². The van der Waals surface area contributed by atoms with Gasteiger partial charge in [-0.1, -0.05) is 42.5 Å². The average Bonchev–Trinajstić information content (AvgIpc) is 3.33. The van der Waals surface area contributed by atoms with Gasteiger partial charge < -0.3 is 9.47 Å². The Morgan fingerprint density at radius 2 is 1.79 bits per heavy atom. The van der Waals surface area contributed by atoms with Crippen LogP contribution >= 0.6 is 0 Å². The van der Waals surface area contributed by atoms with Crippen molar-refractivity contribution in [2.24, 2.45) is 0 Å². The fourth-order valence-corrected chi connectivity index (χ4v) is 3.37. The molecule has 0 aliphatic heterocycles. The molecule has 0 radical (unpaired) electrons.